The van der Waals surface area contributed by atoms with Gasteiger partial charge in [-0.1, -0.05) is 30.3 Å². The molecular formula is C15H22N2. The van der Waals surface area contributed by atoms with Gasteiger partial charge in [-0.25, -0.2) is 0 Å². The molecule has 2 heteroatoms. The van der Waals surface area contributed by atoms with Crippen LogP contribution in [-0.2, 0) is 0 Å². The van der Waals surface area contributed by atoms with Crippen molar-refractivity contribution in [2.75, 3.05) is 0 Å². The highest BCUT2D eigenvalue weighted by Gasteiger charge is 2.39. The summed E-state index contributed by atoms with van der Waals surface area (Å²) in [6.07, 6.45) is 6.23. The van der Waals surface area contributed by atoms with Gasteiger partial charge in [0.2, 0.25) is 0 Å². The lowest BCUT2D eigenvalue weighted by Crippen LogP contribution is -2.38. The van der Waals surface area contributed by atoms with E-state index in [0.29, 0.717) is 12.1 Å². The number of nitrogens with one attached hydrogen (secondary N) is 1. The van der Waals surface area contributed by atoms with Crippen LogP contribution >= 0.6 is 0 Å². The molecular weight excluding hydrogens is 208 g/mol. The zero-order valence-electron chi connectivity index (χ0n) is 10.3. The first kappa shape index (κ1) is 11.2. The molecule has 92 valence electrons. The Morgan fingerprint density at radius 1 is 1.00 bits per heavy atom. The zero-order valence-corrected chi connectivity index (χ0v) is 10.3. The summed E-state index contributed by atoms with van der Waals surface area (Å²) in [7, 11) is 0. The molecule has 2 fully saturated rings. The van der Waals surface area contributed by atoms with Crippen LogP contribution in [0.3, 0.4) is 0 Å². The predicted octanol–water partition coefficient (Wildman–Crippen LogP) is 2.40. The second-order valence-corrected chi connectivity index (χ2v) is 5.64. The highest BCUT2D eigenvalue weighted by Crippen LogP contribution is 2.41. The van der Waals surface area contributed by atoms with E-state index in [2.05, 4.69) is 35.6 Å². The van der Waals surface area contributed by atoms with Gasteiger partial charge in [0.1, 0.15) is 0 Å². The van der Waals surface area contributed by atoms with Crippen molar-refractivity contribution < 1.29 is 0 Å². The molecule has 0 bridgehead atoms. The molecule has 0 unspecified atom stereocenters. The second-order valence-electron chi connectivity index (χ2n) is 5.64. The molecule has 1 aromatic rings. The minimum Gasteiger partial charge on any atom is -0.328 e. The number of rotatable bonds is 3. The van der Waals surface area contributed by atoms with Crippen LogP contribution in [0.15, 0.2) is 30.3 Å². The summed E-state index contributed by atoms with van der Waals surface area (Å²) in [6, 6.07) is 12.8. The van der Waals surface area contributed by atoms with Crippen LogP contribution in [0.1, 0.15) is 43.6 Å². The van der Waals surface area contributed by atoms with Crippen molar-refractivity contribution in [2.24, 2.45) is 5.73 Å². The Labute approximate surface area is 104 Å². The van der Waals surface area contributed by atoms with Crippen molar-refractivity contribution in [3.05, 3.63) is 35.9 Å². The number of nitrogens with two attached hydrogens (primary N) is 1. The molecule has 3 rings (SSSR count). The van der Waals surface area contributed by atoms with Crippen LogP contribution in [0.4, 0.5) is 0 Å². The van der Waals surface area contributed by atoms with E-state index in [-0.39, 0.29) is 0 Å². The Morgan fingerprint density at radius 2 is 1.71 bits per heavy atom. The summed E-state index contributed by atoms with van der Waals surface area (Å²) in [5, 5.41) is 3.81. The molecule has 0 radical (unpaired) electrons. The molecule has 0 saturated heterocycles. The fourth-order valence-corrected chi connectivity index (χ4v) is 3.04. The van der Waals surface area contributed by atoms with Crippen LogP contribution in [0.2, 0.25) is 0 Å². The average Bonchev–Trinajstić information content (AvgIpc) is 3.13. The van der Waals surface area contributed by atoms with Crippen molar-refractivity contribution in [2.45, 2.75) is 56.1 Å². The van der Waals surface area contributed by atoms with Crippen molar-refractivity contribution >= 4 is 0 Å². The summed E-state index contributed by atoms with van der Waals surface area (Å²) in [6.45, 7) is 0. The molecule has 2 aliphatic rings. The van der Waals surface area contributed by atoms with E-state index in [1.165, 1.54) is 37.7 Å². The molecule has 2 saturated carbocycles. The Balaban J connectivity index is 1.49. The number of benzene rings is 1. The summed E-state index contributed by atoms with van der Waals surface area (Å²) in [4.78, 5) is 0. The Bertz CT molecular complexity index is 354. The Kier molecular flexibility index (Phi) is 3.17. The minimum atomic E-state index is 0.456. The molecule has 3 N–H and O–H groups in total. The smallest absolute Gasteiger partial charge is 0.0145 e. The van der Waals surface area contributed by atoms with Gasteiger partial charge in [-0.05, 0) is 37.7 Å². The molecule has 1 aromatic carbocycles. The third-order valence-corrected chi connectivity index (χ3v) is 4.24. The lowest BCUT2D eigenvalue weighted by Gasteiger charge is -2.27. The van der Waals surface area contributed by atoms with E-state index in [0.717, 1.165) is 12.0 Å². The summed E-state index contributed by atoms with van der Waals surface area (Å²) in [5.74, 6) is 0.756. The van der Waals surface area contributed by atoms with Gasteiger partial charge >= 0.3 is 0 Å². The summed E-state index contributed by atoms with van der Waals surface area (Å²) in [5.41, 5.74) is 7.43. The summed E-state index contributed by atoms with van der Waals surface area (Å²) < 4.78 is 0. The van der Waals surface area contributed by atoms with Gasteiger partial charge in [0.05, 0.1) is 0 Å². The maximum absolute atomic E-state index is 5.93. The van der Waals surface area contributed by atoms with Gasteiger partial charge in [0.25, 0.3) is 0 Å². The first-order valence-electron chi connectivity index (χ1n) is 6.89. The van der Waals surface area contributed by atoms with Crippen molar-refractivity contribution in [3.63, 3.8) is 0 Å². The Morgan fingerprint density at radius 3 is 2.41 bits per heavy atom. The van der Waals surface area contributed by atoms with Gasteiger partial charge in [0, 0.05) is 24.0 Å². The normalized spacial score (nSPS) is 36.8. The fourth-order valence-electron chi connectivity index (χ4n) is 3.04. The van der Waals surface area contributed by atoms with Crippen LogP contribution in [0, 0.1) is 0 Å². The Hall–Kier alpha value is -0.860. The number of hydrogen-bond donors (Lipinski definition) is 2. The van der Waals surface area contributed by atoms with Gasteiger partial charge in [-0.3, -0.25) is 0 Å². The predicted molar refractivity (Wildman–Crippen MR) is 71.0 cm³/mol. The SMILES string of the molecule is N[C@H]1CC[C@@H](N[C@@H]2C[C@H]2c2ccccc2)CC1. The van der Waals surface area contributed by atoms with Crippen LogP contribution in [0.25, 0.3) is 0 Å². The third kappa shape index (κ3) is 2.70. The molecule has 0 spiro atoms. The van der Waals surface area contributed by atoms with Gasteiger partial charge in [-0.2, -0.15) is 0 Å². The molecule has 2 nitrogen and oxygen atoms in total. The van der Waals surface area contributed by atoms with Crippen LogP contribution in [-0.4, -0.2) is 18.1 Å². The van der Waals surface area contributed by atoms with Crippen LogP contribution < -0.4 is 11.1 Å². The molecule has 2 aliphatic carbocycles. The zero-order chi connectivity index (χ0) is 11.7. The minimum absolute atomic E-state index is 0.456. The molecule has 17 heavy (non-hydrogen) atoms. The standard InChI is InChI=1S/C15H22N2/c16-12-6-8-13(9-7-12)17-15-10-14(15)11-4-2-1-3-5-11/h1-5,12-15,17H,6-10,16H2/t12-,13+,14-,15+/m0/s1. The molecule has 2 atom stereocenters. The lowest BCUT2D eigenvalue weighted by molar-refractivity contribution is 0.339. The largest absolute Gasteiger partial charge is 0.328 e. The second kappa shape index (κ2) is 4.79. The van der Waals surface area contributed by atoms with E-state index in [1.54, 1.807) is 0 Å². The topological polar surface area (TPSA) is 38.0 Å². The van der Waals surface area contributed by atoms with Gasteiger partial charge in [0.15, 0.2) is 0 Å². The number of hydrogen-bond acceptors (Lipinski definition) is 2. The molecule has 0 aromatic heterocycles. The van der Waals surface area contributed by atoms with E-state index < -0.39 is 0 Å². The quantitative estimate of drug-likeness (QED) is 0.837. The summed E-state index contributed by atoms with van der Waals surface area (Å²) >= 11 is 0. The molecule has 0 aliphatic heterocycles. The highest BCUT2D eigenvalue weighted by molar-refractivity contribution is 5.27. The first-order chi connectivity index (χ1) is 8.33. The fraction of sp³-hybridized carbons (Fsp3) is 0.600. The van der Waals surface area contributed by atoms with E-state index in [1.807, 2.05) is 0 Å². The maximum atomic E-state index is 5.93. The molecule has 0 heterocycles. The van der Waals surface area contributed by atoms with Crippen molar-refractivity contribution in [1.29, 1.82) is 0 Å². The van der Waals surface area contributed by atoms with Crippen molar-refractivity contribution in [3.8, 4) is 0 Å². The maximum Gasteiger partial charge on any atom is 0.0145 e. The molecule has 0 amide bonds. The van der Waals surface area contributed by atoms with Gasteiger partial charge in [-0.15, -0.1) is 0 Å². The third-order valence-electron chi connectivity index (χ3n) is 4.24. The lowest BCUT2D eigenvalue weighted by atomic mass is 9.92. The monoisotopic (exact) mass is 230 g/mol. The van der Waals surface area contributed by atoms with Gasteiger partial charge < -0.3 is 11.1 Å². The first-order valence-corrected chi connectivity index (χ1v) is 6.89. The van der Waals surface area contributed by atoms with Crippen molar-refractivity contribution in [1.82, 2.24) is 5.32 Å². The average molecular weight is 230 g/mol. The van der Waals surface area contributed by atoms with Crippen LogP contribution in [0.5, 0.6) is 0 Å². The van der Waals surface area contributed by atoms with E-state index >= 15 is 0 Å². The van der Waals surface area contributed by atoms with E-state index in [4.69, 9.17) is 5.73 Å². The van der Waals surface area contributed by atoms with E-state index in [9.17, 15) is 0 Å². The highest BCUT2D eigenvalue weighted by atomic mass is 15.0.